The van der Waals surface area contributed by atoms with E-state index >= 15 is 0 Å². The van der Waals surface area contributed by atoms with Crippen molar-refractivity contribution in [3.8, 4) is 0 Å². The van der Waals surface area contributed by atoms with Crippen molar-refractivity contribution in [2.45, 2.75) is 39.2 Å². The molecule has 96 valence electrons. The van der Waals surface area contributed by atoms with Gasteiger partial charge in [0.05, 0.1) is 4.47 Å². The van der Waals surface area contributed by atoms with Crippen LogP contribution in [0.25, 0.3) is 0 Å². The van der Waals surface area contributed by atoms with E-state index in [2.05, 4.69) is 21.2 Å². The average molecular weight is 306 g/mol. The van der Waals surface area contributed by atoms with Gasteiger partial charge in [-0.3, -0.25) is 0 Å². The van der Waals surface area contributed by atoms with E-state index in [1.54, 1.807) is 0 Å². The van der Waals surface area contributed by atoms with Crippen LogP contribution < -0.4 is 5.32 Å². The molecule has 1 unspecified atom stereocenters. The van der Waals surface area contributed by atoms with Crippen LogP contribution in [0, 0.1) is 11.6 Å². The molecule has 0 aliphatic rings. The lowest BCUT2D eigenvalue weighted by atomic mass is 9.96. The van der Waals surface area contributed by atoms with Crippen molar-refractivity contribution in [3.63, 3.8) is 0 Å². The Kier molecular flexibility index (Phi) is 5.53. The summed E-state index contributed by atoms with van der Waals surface area (Å²) in [4.78, 5) is 0. The largest absolute Gasteiger partial charge is 0.315 e. The molecule has 0 bridgehead atoms. The second-order valence-corrected chi connectivity index (χ2v) is 5.41. The van der Waals surface area contributed by atoms with Crippen molar-refractivity contribution >= 4 is 15.9 Å². The first kappa shape index (κ1) is 14.6. The molecule has 0 aliphatic heterocycles. The van der Waals surface area contributed by atoms with Gasteiger partial charge >= 0.3 is 0 Å². The molecule has 0 saturated heterocycles. The van der Waals surface area contributed by atoms with Gasteiger partial charge in [-0.05, 0) is 46.9 Å². The molecular formula is C13H18BrF2N. The van der Waals surface area contributed by atoms with Gasteiger partial charge in [-0.2, -0.15) is 0 Å². The fraction of sp³-hybridized carbons (Fsp3) is 0.538. The molecule has 0 saturated carbocycles. The molecule has 0 fully saturated rings. The lowest BCUT2D eigenvalue weighted by Gasteiger charge is -2.16. The number of halogens is 3. The summed E-state index contributed by atoms with van der Waals surface area (Å²) in [5.41, 5.74) is 0.171. The van der Waals surface area contributed by atoms with E-state index < -0.39 is 11.6 Å². The van der Waals surface area contributed by atoms with Crippen LogP contribution in [0.1, 0.15) is 38.7 Å². The van der Waals surface area contributed by atoms with Gasteiger partial charge in [-0.1, -0.05) is 20.8 Å². The Balaban J connectivity index is 2.74. The van der Waals surface area contributed by atoms with Crippen molar-refractivity contribution in [1.82, 2.24) is 5.32 Å². The zero-order valence-corrected chi connectivity index (χ0v) is 11.9. The van der Waals surface area contributed by atoms with Crippen molar-refractivity contribution in [1.29, 1.82) is 0 Å². The minimum Gasteiger partial charge on any atom is -0.315 e. The highest BCUT2D eigenvalue weighted by atomic mass is 79.9. The van der Waals surface area contributed by atoms with Crippen LogP contribution in [0.15, 0.2) is 16.6 Å². The normalized spacial score (nSPS) is 13.1. The van der Waals surface area contributed by atoms with Crippen LogP contribution in [0.4, 0.5) is 8.78 Å². The first-order valence-corrected chi connectivity index (χ1v) is 6.59. The highest BCUT2D eigenvalue weighted by Gasteiger charge is 2.18. The Bertz CT molecular complexity index is 380. The Labute approximate surface area is 110 Å². The summed E-state index contributed by atoms with van der Waals surface area (Å²) in [6.45, 7) is 6.69. The molecule has 1 rings (SSSR count). The van der Waals surface area contributed by atoms with E-state index in [9.17, 15) is 8.78 Å². The third-order valence-corrected chi connectivity index (χ3v) is 3.31. The zero-order chi connectivity index (χ0) is 13.0. The molecule has 17 heavy (non-hydrogen) atoms. The van der Waals surface area contributed by atoms with Gasteiger partial charge in [0.2, 0.25) is 0 Å². The Morgan fingerprint density at radius 2 is 1.88 bits per heavy atom. The molecule has 0 spiro atoms. The van der Waals surface area contributed by atoms with Crippen LogP contribution >= 0.6 is 15.9 Å². The lowest BCUT2D eigenvalue weighted by molar-refractivity contribution is 0.494. The monoisotopic (exact) mass is 305 g/mol. The molecule has 0 heterocycles. The summed E-state index contributed by atoms with van der Waals surface area (Å²) in [7, 11) is 0. The van der Waals surface area contributed by atoms with Gasteiger partial charge in [0.15, 0.2) is 0 Å². The summed E-state index contributed by atoms with van der Waals surface area (Å²) in [5, 5.41) is 3.24. The highest BCUT2D eigenvalue weighted by Crippen LogP contribution is 2.29. The van der Waals surface area contributed by atoms with Crippen molar-refractivity contribution < 1.29 is 8.78 Å². The van der Waals surface area contributed by atoms with Gasteiger partial charge in [-0.15, -0.1) is 0 Å². The summed E-state index contributed by atoms with van der Waals surface area (Å²) < 4.78 is 27.7. The third-order valence-electron chi connectivity index (χ3n) is 2.70. The fourth-order valence-corrected chi connectivity index (χ4v) is 2.07. The number of benzene rings is 1. The molecule has 4 heteroatoms. The predicted octanol–water partition coefficient (Wildman–Crippen LogP) is 4.22. The molecular weight excluding hydrogens is 288 g/mol. The Hall–Kier alpha value is -0.480. The lowest BCUT2D eigenvalue weighted by Crippen LogP contribution is -2.24. The van der Waals surface area contributed by atoms with Gasteiger partial charge < -0.3 is 5.32 Å². The summed E-state index contributed by atoms with van der Waals surface area (Å²) in [5.74, 6) is -1.09. The molecule has 0 radical (unpaired) electrons. The molecule has 0 amide bonds. The van der Waals surface area contributed by atoms with E-state index in [1.807, 2.05) is 20.8 Å². The van der Waals surface area contributed by atoms with Crippen molar-refractivity contribution in [2.24, 2.45) is 0 Å². The van der Waals surface area contributed by atoms with E-state index in [-0.39, 0.29) is 11.5 Å². The molecule has 1 nitrogen and oxygen atoms in total. The summed E-state index contributed by atoms with van der Waals surface area (Å²) in [6, 6.07) is 3.08. The molecule has 0 aromatic heterocycles. The third kappa shape index (κ3) is 4.03. The topological polar surface area (TPSA) is 12.0 Å². The number of rotatable bonds is 5. The molecule has 0 aliphatic carbocycles. The first-order chi connectivity index (χ1) is 7.93. The van der Waals surface area contributed by atoms with Crippen LogP contribution in [-0.4, -0.2) is 12.6 Å². The van der Waals surface area contributed by atoms with E-state index in [1.165, 1.54) is 12.1 Å². The quantitative estimate of drug-likeness (QED) is 0.803. The number of hydrogen-bond donors (Lipinski definition) is 1. The maximum atomic E-state index is 13.8. The van der Waals surface area contributed by atoms with Crippen LogP contribution in [-0.2, 0) is 0 Å². The maximum Gasteiger partial charge on any atom is 0.143 e. The minimum atomic E-state index is -0.484. The number of hydrogen-bond acceptors (Lipinski definition) is 1. The standard InChI is InChI=1S/C13H18BrF2N/c1-8(2)17-7-6-9(3)12-11(15)5-4-10(14)13(12)16/h4-5,8-9,17H,6-7H2,1-3H3. The van der Waals surface area contributed by atoms with E-state index in [4.69, 9.17) is 0 Å². The van der Waals surface area contributed by atoms with Crippen LogP contribution in [0.2, 0.25) is 0 Å². The molecule has 1 atom stereocenters. The van der Waals surface area contributed by atoms with Crippen LogP contribution in [0.5, 0.6) is 0 Å². The van der Waals surface area contributed by atoms with Gasteiger partial charge in [0.25, 0.3) is 0 Å². The highest BCUT2D eigenvalue weighted by molar-refractivity contribution is 9.10. The smallest absolute Gasteiger partial charge is 0.143 e. The summed E-state index contributed by atoms with van der Waals surface area (Å²) >= 11 is 3.08. The van der Waals surface area contributed by atoms with Gasteiger partial charge in [-0.25, -0.2) is 8.78 Å². The predicted molar refractivity (Wildman–Crippen MR) is 70.2 cm³/mol. The van der Waals surface area contributed by atoms with E-state index in [0.717, 1.165) is 6.54 Å². The Morgan fingerprint density at radius 1 is 1.24 bits per heavy atom. The SMILES string of the molecule is CC(C)NCCC(C)c1c(F)ccc(Br)c1F. The molecule has 1 aromatic carbocycles. The second kappa shape index (κ2) is 6.45. The molecule has 1 aromatic rings. The minimum absolute atomic E-state index is 0.140. The van der Waals surface area contributed by atoms with Crippen molar-refractivity contribution in [3.05, 3.63) is 33.8 Å². The fourth-order valence-electron chi connectivity index (χ4n) is 1.73. The first-order valence-electron chi connectivity index (χ1n) is 5.80. The maximum absolute atomic E-state index is 13.8. The molecule has 1 N–H and O–H groups in total. The van der Waals surface area contributed by atoms with Gasteiger partial charge in [0, 0.05) is 11.6 Å². The van der Waals surface area contributed by atoms with E-state index in [0.29, 0.717) is 16.9 Å². The number of nitrogens with one attached hydrogen (secondary N) is 1. The van der Waals surface area contributed by atoms with Crippen molar-refractivity contribution in [2.75, 3.05) is 6.54 Å². The zero-order valence-electron chi connectivity index (χ0n) is 10.4. The van der Waals surface area contributed by atoms with Crippen LogP contribution in [0.3, 0.4) is 0 Å². The second-order valence-electron chi connectivity index (χ2n) is 4.56. The Morgan fingerprint density at radius 3 is 2.47 bits per heavy atom. The van der Waals surface area contributed by atoms with Gasteiger partial charge in [0.1, 0.15) is 11.6 Å². The average Bonchev–Trinajstić information content (AvgIpc) is 2.23. The summed E-state index contributed by atoms with van der Waals surface area (Å²) in [6.07, 6.45) is 0.711.